The molecule has 156 valence electrons. The molecule has 0 bridgehead atoms. The molecule has 0 spiro atoms. The minimum Gasteiger partial charge on any atom is -0.325 e. The quantitative estimate of drug-likeness (QED) is 0.423. The van der Waals surface area contributed by atoms with Gasteiger partial charge in [0.2, 0.25) is 5.91 Å². The van der Waals surface area contributed by atoms with Gasteiger partial charge in [0.05, 0.1) is 11.3 Å². The van der Waals surface area contributed by atoms with Crippen molar-refractivity contribution < 1.29 is 4.79 Å². The van der Waals surface area contributed by atoms with Crippen molar-refractivity contribution in [1.29, 1.82) is 0 Å². The lowest BCUT2D eigenvalue weighted by atomic mass is 10.2. The number of nitrogens with one attached hydrogen (secondary N) is 1. The van der Waals surface area contributed by atoms with Gasteiger partial charge in [-0.25, -0.2) is 0 Å². The van der Waals surface area contributed by atoms with Gasteiger partial charge in [0.25, 0.3) is 0 Å². The number of hydrogen-bond acceptors (Lipinski definition) is 5. The summed E-state index contributed by atoms with van der Waals surface area (Å²) in [4.78, 5) is 17.1. The Morgan fingerprint density at radius 3 is 2.26 bits per heavy atom. The van der Waals surface area contributed by atoms with Crippen molar-refractivity contribution in [3.63, 3.8) is 0 Å². The number of nitrogens with zero attached hydrogens (tertiary/aromatic N) is 4. The number of aromatic nitrogens is 4. The number of thioether (sulfide) groups is 1. The molecule has 31 heavy (non-hydrogen) atoms. The molecule has 7 heteroatoms. The van der Waals surface area contributed by atoms with Crippen LogP contribution in [0.4, 0.5) is 5.69 Å². The predicted octanol–water partition coefficient (Wildman–Crippen LogP) is 4.90. The van der Waals surface area contributed by atoms with Crippen LogP contribution in [-0.4, -0.2) is 30.4 Å². The van der Waals surface area contributed by atoms with Crippen LogP contribution in [0.2, 0.25) is 0 Å². The highest BCUT2D eigenvalue weighted by Gasteiger charge is 2.32. The SMILES string of the molecule is CC(C)(Sc1nnc(-c2ccncc2)n1Cc1ccccc1)C(=O)Nc1ccccc1. The molecule has 2 aromatic heterocycles. The molecular weight excluding hydrogens is 406 g/mol. The second-order valence-corrected chi connectivity index (χ2v) is 9.14. The number of carbonyl (C=O) groups excluding carboxylic acids is 1. The molecule has 1 amide bonds. The Labute approximate surface area is 185 Å². The van der Waals surface area contributed by atoms with E-state index in [1.165, 1.54) is 11.8 Å². The van der Waals surface area contributed by atoms with Gasteiger partial charge in [0, 0.05) is 23.6 Å². The van der Waals surface area contributed by atoms with Crippen LogP contribution in [0.25, 0.3) is 11.4 Å². The van der Waals surface area contributed by atoms with Gasteiger partial charge >= 0.3 is 0 Å². The molecule has 4 aromatic rings. The van der Waals surface area contributed by atoms with Crippen LogP contribution in [-0.2, 0) is 11.3 Å². The molecular formula is C24H23N5OS. The zero-order valence-electron chi connectivity index (χ0n) is 17.4. The molecule has 6 nitrogen and oxygen atoms in total. The number of hydrogen-bond donors (Lipinski definition) is 1. The van der Waals surface area contributed by atoms with Crippen LogP contribution in [0.5, 0.6) is 0 Å². The molecule has 0 fully saturated rings. The normalized spacial score (nSPS) is 11.3. The van der Waals surface area contributed by atoms with Crippen LogP contribution < -0.4 is 5.32 Å². The van der Waals surface area contributed by atoms with E-state index in [1.54, 1.807) is 12.4 Å². The third kappa shape index (κ3) is 5.00. The molecule has 0 aliphatic carbocycles. The summed E-state index contributed by atoms with van der Waals surface area (Å²) in [6, 6.07) is 23.4. The van der Waals surface area contributed by atoms with E-state index in [4.69, 9.17) is 0 Å². The second kappa shape index (κ2) is 9.14. The van der Waals surface area contributed by atoms with E-state index in [1.807, 2.05) is 79.1 Å². The minimum atomic E-state index is -0.757. The lowest BCUT2D eigenvalue weighted by molar-refractivity contribution is -0.117. The molecule has 0 aliphatic heterocycles. The predicted molar refractivity (Wildman–Crippen MR) is 124 cm³/mol. The van der Waals surface area contributed by atoms with Gasteiger partial charge in [0.15, 0.2) is 11.0 Å². The largest absolute Gasteiger partial charge is 0.325 e. The molecule has 4 rings (SSSR count). The third-order valence-corrected chi connectivity index (χ3v) is 5.94. The summed E-state index contributed by atoms with van der Waals surface area (Å²) in [5, 5.41) is 12.6. The van der Waals surface area contributed by atoms with Crippen LogP contribution >= 0.6 is 11.8 Å². The summed E-state index contributed by atoms with van der Waals surface area (Å²) in [5.41, 5.74) is 2.83. The molecule has 2 aromatic carbocycles. The lowest BCUT2D eigenvalue weighted by Crippen LogP contribution is -2.34. The minimum absolute atomic E-state index is 0.0941. The van der Waals surface area contributed by atoms with E-state index in [0.717, 1.165) is 22.6 Å². The van der Waals surface area contributed by atoms with Crippen molar-refractivity contribution in [2.24, 2.45) is 0 Å². The summed E-state index contributed by atoms with van der Waals surface area (Å²) in [5.74, 6) is 0.649. The van der Waals surface area contributed by atoms with Crippen LogP contribution in [0.3, 0.4) is 0 Å². The van der Waals surface area contributed by atoms with E-state index >= 15 is 0 Å². The smallest absolute Gasteiger partial charge is 0.240 e. The fourth-order valence-electron chi connectivity index (χ4n) is 3.06. The number of rotatable bonds is 7. The van der Waals surface area contributed by atoms with E-state index in [2.05, 4.69) is 32.6 Å². The molecule has 0 atom stereocenters. The fourth-order valence-corrected chi connectivity index (χ4v) is 4.01. The highest BCUT2D eigenvalue weighted by Crippen LogP contribution is 2.34. The first-order valence-corrected chi connectivity index (χ1v) is 10.8. The van der Waals surface area contributed by atoms with Crippen molar-refractivity contribution in [3.05, 3.63) is 90.8 Å². The highest BCUT2D eigenvalue weighted by atomic mass is 32.2. The molecule has 0 saturated heterocycles. The zero-order chi connectivity index (χ0) is 21.7. The Kier molecular flexibility index (Phi) is 6.13. The van der Waals surface area contributed by atoms with Gasteiger partial charge in [-0.1, -0.05) is 60.3 Å². The standard InChI is InChI=1S/C24H23N5OS/c1-24(2,22(30)26-20-11-7-4-8-12-20)31-23-28-27-21(19-13-15-25-16-14-19)29(23)17-18-9-5-3-6-10-18/h3-16H,17H2,1-2H3,(H,26,30). The Balaban J connectivity index is 1.64. The first-order valence-electron chi connectivity index (χ1n) is 9.96. The monoisotopic (exact) mass is 429 g/mol. The number of benzene rings is 2. The van der Waals surface area contributed by atoms with Gasteiger partial charge in [-0.2, -0.15) is 0 Å². The molecule has 0 radical (unpaired) electrons. The van der Waals surface area contributed by atoms with Gasteiger partial charge in [-0.05, 0) is 43.7 Å². The lowest BCUT2D eigenvalue weighted by Gasteiger charge is -2.23. The fraction of sp³-hybridized carbons (Fsp3) is 0.167. The zero-order valence-corrected chi connectivity index (χ0v) is 18.2. The first kappa shape index (κ1) is 20.8. The first-order chi connectivity index (χ1) is 15.0. The van der Waals surface area contributed by atoms with Crippen molar-refractivity contribution in [2.75, 3.05) is 5.32 Å². The van der Waals surface area contributed by atoms with Crippen molar-refractivity contribution in [3.8, 4) is 11.4 Å². The van der Waals surface area contributed by atoms with Gasteiger partial charge in [-0.15, -0.1) is 10.2 Å². The maximum atomic E-state index is 13.0. The second-order valence-electron chi connectivity index (χ2n) is 7.55. The number of carbonyl (C=O) groups is 1. The average molecular weight is 430 g/mol. The Bertz CT molecular complexity index is 1140. The summed E-state index contributed by atoms with van der Waals surface area (Å²) < 4.78 is 1.29. The van der Waals surface area contributed by atoms with Gasteiger partial charge in [0.1, 0.15) is 0 Å². The molecule has 0 saturated carbocycles. The van der Waals surface area contributed by atoms with Crippen molar-refractivity contribution in [1.82, 2.24) is 19.7 Å². The van der Waals surface area contributed by atoms with Crippen molar-refractivity contribution >= 4 is 23.4 Å². The van der Waals surface area contributed by atoms with E-state index in [9.17, 15) is 4.79 Å². The number of anilines is 1. The molecule has 0 unspecified atom stereocenters. The van der Waals surface area contributed by atoms with E-state index in [-0.39, 0.29) is 5.91 Å². The topological polar surface area (TPSA) is 72.7 Å². The summed E-state index contributed by atoms with van der Waals surface area (Å²) in [7, 11) is 0. The molecule has 1 N–H and O–H groups in total. The van der Waals surface area contributed by atoms with Crippen molar-refractivity contribution in [2.45, 2.75) is 30.3 Å². The van der Waals surface area contributed by atoms with Crippen LogP contribution in [0.1, 0.15) is 19.4 Å². The van der Waals surface area contributed by atoms with E-state index in [0.29, 0.717) is 11.7 Å². The number of para-hydroxylation sites is 1. The van der Waals surface area contributed by atoms with Gasteiger partial charge in [-0.3, -0.25) is 14.3 Å². The van der Waals surface area contributed by atoms with E-state index < -0.39 is 4.75 Å². The molecule has 0 aliphatic rings. The summed E-state index contributed by atoms with van der Waals surface area (Å²) in [6.45, 7) is 4.39. The van der Waals surface area contributed by atoms with Crippen LogP contribution in [0.15, 0.2) is 90.3 Å². The number of pyridine rings is 1. The highest BCUT2D eigenvalue weighted by molar-refractivity contribution is 8.01. The average Bonchev–Trinajstić information content (AvgIpc) is 3.17. The Morgan fingerprint density at radius 2 is 1.58 bits per heavy atom. The maximum Gasteiger partial charge on any atom is 0.240 e. The Hall–Kier alpha value is -3.45. The Morgan fingerprint density at radius 1 is 0.935 bits per heavy atom. The molecule has 2 heterocycles. The summed E-state index contributed by atoms with van der Waals surface area (Å²) >= 11 is 1.40. The summed E-state index contributed by atoms with van der Waals surface area (Å²) in [6.07, 6.45) is 3.47. The maximum absolute atomic E-state index is 13.0. The number of amides is 1. The van der Waals surface area contributed by atoms with Gasteiger partial charge < -0.3 is 5.32 Å². The van der Waals surface area contributed by atoms with Crippen LogP contribution in [0, 0.1) is 0 Å². The third-order valence-electron chi connectivity index (χ3n) is 4.76.